The van der Waals surface area contributed by atoms with Crippen molar-refractivity contribution < 1.29 is 24.3 Å². The van der Waals surface area contributed by atoms with Crippen LogP contribution in [0.25, 0.3) is 10.8 Å². The lowest BCUT2D eigenvalue weighted by molar-refractivity contribution is -0.123. The van der Waals surface area contributed by atoms with Crippen LogP contribution in [0.15, 0.2) is 99.6 Å². The minimum Gasteiger partial charge on any atom is -0.507 e. The average molecular weight is 594 g/mol. The van der Waals surface area contributed by atoms with Crippen molar-refractivity contribution in [3.05, 3.63) is 105 Å². The number of imide groups is 1. The maximum Gasteiger partial charge on any atom is 0.238 e. The third kappa shape index (κ3) is 3.47. The molecule has 3 aromatic carbocycles. The molecule has 198 valence electrons. The molecule has 0 radical (unpaired) electrons. The van der Waals surface area contributed by atoms with Crippen molar-refractivity contribution >= 4 is 55.8 Å². The van der Waals surface area contributed by atoms with E-state index in [0.29, 0.717) is 34.2 Å². The van der Waals surface area contributed by atoms with Crippen LogP contribution in [-0.4, -0.2) is 28.5 Å². The summed E-state index contributed by atoms with van der Waals surface area (Å²) in [6.07, 6.45) is 4.03. The number of anilines is 1. The van der Waals surface area contributed by atoms with Crippen molar-refractivity contribution in [2.45, 2.75) is 25.7 Å². The third-order valence-corrected chi connectivity index (χ3v) is 9.42. The van der Waals surface area contributed by atoms with Gasteiger partial charge < -0.3 is 5.11 Å². The Morgan fingerprint density at radius 1 is 0.875 bits per heavy atom. The number of halogens is 1. The van der Waals surface area contributed by atoms with Gasteiger partial charge in [0.1, 0.15) is 5.75 Å². The molecule has 1 N–H and O–H groups in total. The molecule has 1 saturated heterocycles. The summed E-state index contributed by atoms with van der Waals surface area (Å²) < 4.78 is 0.844. The quantitative estimate of drug-likeness (QED) is 0.225. The van der Waals surface area contributed by atoms with E-state index in [2.05, 4.69) is 15.9 Å². The van der Waals surface area contributed by atoms with Gasteiger partial charge in [-0.2, -0.15) is 0 Å². The molecule has 3 aliphatic carbocycles. The topological polar surface area (TPSA) is 91.8 Å². The zero-order valence-electron chi connectivity index (χ0n) is 21.6. The maximum absolute atomic E-state index is 14.0. The van der Waals surface area contributed by atoms with Gasteiger partial charge in [0.25, 0.3) is 0 Å². The van der Waals surface area contributed by atoms with E-state index in [1.54, 1.807) is 43.3 Å². The van der Waals surface area contributed by atoms with Crippen LogP contribution in [0.1, 0.15) is 31.2 Å². The van der Waals surface area contributed by atoms with E-state index in [4.69, 9.17) is 0 Å². The van der Waals surface area contributed by atoms with Gasteiger partial charge in [-0.15, -0.1) is 0 Å². The maximum atomic E-state index is 14.0. The first kappa shape index (κ1) is 24.9. The fraction of sp³-hybridized carbons (Fsp3) is 0.212. The van der Waals surface area contributed by atoms with Gasteiger partial charge in [-0.3, -0.25) is 24.1 Å². The highest BCUT2D eigenvalue weighted by molar-refractivity contribution is 9.10. The van der Waals surface area contributed by atoms with Crippen molar-refractivity contribution in [3.8, 4) is 5.75 Å². The van der Waals surface area contributed by atoms with Crippen LogP contribution in [0.5, 0.6) is 5.75 Å². The second-order valence-electron chi connectivity index (χ2n) is 10.9. The Kier molecular flexibility index (Phi) is 5.58. The minimum absolute atomic E-state index is 0.127. The molecule has 1 heterocycles. The smallest absolute Gasteiger partial charge is 0.238 e. The molecule has 1 aliphatic heterocycles. The molecule has 7 rings (SSSR count). The van der Waals surface area contributed by atoms with E-state index in [0.717, 1.165) is 21.0 Å². The summed E-state index contributed by atoms with van der Waals surface area (Å²) in [6, 6.07) is 17.9. The summed E-state index contributed by atoms with van der Waals surface area (Å²) in [4.78, 5) is 56.0. The van der Waals surface area contributed by atoms with Crippen molar-refractivity contribution in [1.82, 2.24) is 0 Å². The average Bonchev–Trinajstić information content (AvgIpc) is 3.21. The second-order valence-corrected chi connectivity index (χ2v) is 11.9. The number of hydrogen-bond acceptors (Lipinski definition) is 5. The van der Waals surface area contributed by atoms with Crippen LogP contribution < -0.4 is 4.90 Å². The van der Waals surface area contributed by atoms with Crippen molar-refractivity contribution in [1.29, 1.82) is 0 Å². The summed E-state index contributed by atoms with van der Waals surface area (Å²) in [5.74, 6) is -2.91. The Hall–Kier alpha value is -4.10. The number of ketones is 2. The van der Waals surface area contributed by atoms with Crippen molar-refractivity contribution in [3.63, 3.8) is 0 Å². The Labute approximate surface area is 238 Å². The predicted molar refractivity (Wildman–Crippen MR) is 154 cm³/mol. The van der Waals surface area contributed by atoms with E-state index < -0.39 is 23.7 Å². The number of amides is 2. The molecule has 6 nitrogen and oxygen atoms in total. The number of aromatic hydroxyl groups is 1. The summed E-state index contributed by atoms with van der Waals surface area (Å²) in [7, 11) is 0. The Morgan fingerprint density at radius 2 is 1.60 bits per heavy atom. The number of carbonyl (C=O) groups excluding carboxylic acids is 4. The molecule has 3 aromatic rings. The molecule has 0 bridgehead atoms. The molecule has 2 amide bonds. The summed E-state index contributed by atoms with van der Waals surface area (Å²) >= 11 is 3.41. The lowest BCUT2D eigenvalue weighted by atomic mass is 9.59. The zero-order chi connectivity index (χ0) is 27.9. The molecule has 0 aromatic heterocycles. The van der Waals surface area contributed by atoms with Gasteiger partial charge in [-0.1, -0.05) is 57.9 Å². The first-order valence-corrected chi connectivity index (χ1v) is 14.1. The van der Waals surface area contributed by atoms with Gasteiger partial charge in [-0.25, -0.2) is 0 Å². The Morgan fingerprint density at radius 3 is 2.35 bits per heavy atom. The van der Waals surface area contributed by atoms with E-state index in [1.165, 1.54) is 11.0 Å². The van der Waals surface area contributed by atoms with Crippen LogP contribution >= 0.6 is 15.9 Å². The van der Waals surface area contributed by atoms with Crippen LogP contribution in [0.2, 0.25) is 0 Å². The van der Waals surface area contributed by atoms with Crippen molar-refractivity contribution in [2.75, 3.05) is 4.90 Å². The molecule has 0 spiro atoms. The number of allylic oxidation sites excluding steroid dienone is 6. The second kappa shape index (κ2) is 8.96. The molecule has 0 unspecified atom stereocenters. The number of benzene rings is 3. The van der Waals surface area contributed by atoms with Gasteiger partial charge in [0.15, 0.2) is 11.6 Å². The van der Waals surface area contributed by atoms with Gasteiger partial charge in [-0.05, 0) is 73.0 Å². The van der Waals surface area contributed by atoms with Crippen LogP contribution in [-0.2, 0) is 19.2 Å². The highest BCUT2D eigenvalue weighted by Crippen LogP contribution is 2.56. The first-order chi connectivity index (χ1) is 19.3. The number of rotatable bonds is 2. The van der Waals surface area contributed by atoms with Crippen LogP contribution in [0.3, 0.4) is 0 Å². The standard InChI is InChI=1S/C33H24BrNO5/c1-16-14-27(37)30-25(31(16)38)15-24-22(28(30)21-12-13-26(36)20-5-3-2-4-19(20)21)10-11-23-29(24)33(40)35(32(23)39)18-8-6-17(34)7-9-18/h2-10,12-14,23-24,28-29,36H,11,15H2,1H3/t23-,24+,28-,29-/m0/s1. The largest absolute Gasteiger partial charge is 0.507 e. The summed E-state index contributed by atoms with van der Waals surface area (Å²) in [5, 5.41) is 12.0. The van der Waals surface area contributed by atoms with Crippen LogP contribution in [0.4, 0.5) is 5.69 Å². The van der Waals surface area contributed by atoms with Gasteiger partial charge in [0, 0.05) is 32.5 Å². The molecule has 0 saturated carbocycles. The number of phenolic OH excluding ortho intramolecular Hbond substituents is 1. The highest BCUT2D eigenvalue weighted by atomic mass is 79.9. The van der Waals surface area contributed by atoms with Crippen molar-refractivity contribution in [2.24, 2.45) is 17.8 Å². The number of hydrogen-bond donors (Lipinski definition) is 1. The molecule has 40 heavy (non-hydrogen) atoms. The van der Waals surface area contributed by atoms with Gasteiger partial charge in [0.05, 0.1) is 17.5 Å². The number of fused-ring (bicyclic) bond motifs is 4. The predicted octanol–water partition coefficient (Wildman–Crippen LogP) is 5.94. The molecular weight excluding hydrogens is 570 g/mol. The monoisotopic (exact) mass is 593 g/mol. The SMILES string of the molecule is CC1=CC(=O)C2=C(C[C@@H]3C(=CC[C@@H]4C(=O)N(c5ccc(Br)cc5)C(=O)[C@@H]43)[C@@H]2c2ccc(O)c3ccccc23)C1=O. The van der Waals surface area contributed by atoms with Crippen LogP contribution in [0, 0.1) is 17.8 Å². The number of carbonyl (C=O) groups is 4. The Bertz CT molecular complexity index is 1780. The number of nitrogens with zero attached hydrogens (tertiary/aromatic N) is 1. The van der Waals surface area contributed by atoms with Gasteiger partial charge in [0.2, 0.25) is 11.8 Å². The molecule has 7 heteroatoms. The van der Waals surface area contributed by atoms with E-state index in [1.807, 2.05) is 30.3 Å². The number of Topliss-reactive ketones (excluding diaryl/α,β-unsaturated/α-hetero) is 1. The lowest BCUT2D eigenvalue weighted by Gasteiger charge is -2.42. The van der Waals surface area contributed by atoms with E-state index >= 15 is 0 Å². The molecule has 4 aliphatic rings. The zero-order valence-corrected chi connectivity index (χ0v) is 23.1. The summed E-state index contributed by atoms with van der Waals surface area (Å²) in [5.41, 5.74) is 3.46. The van der Waals surface area contributed by atoms with E-state index in [9.17, 15) is 24.3 Å². The fourth-order valence-corrected chi connectivity index (χ4v) is 7.40. The molecule has 4 atom stereocenters. The Balaban J connectivity index is 1.41. The van der Waals surface area contributed by atoms with E-state index in [-0.39, 0.29) is 35.6 Å². The molecular formula is C33H24BrNO5. The first-order valence-electron chi connectivity index (χ1n) is 13.3. The fourth-order valence-electron chi connectivity index (χ4n) is 7.14. The third-order valence-electron chi connectivity index (χ3n) is 8.89. The normalized spacial score (nSPS) is 26.0. The number of phenols is 1. The lowest BCUT2D eigenvalue weighted by Crippen LogP contribution is -2.39. The highest BCUT2D eigenvalue weighted by Gasteiger charge is 2.56. The minimum atomic E-state index is -0.634. The van der Waals surface area contributed by atoms with Gasteiger partial charge >= 0.3 is 0 Å². The molecule has 1 fully saturated rings. The summed E-state index contributed by atoms with van der Waals surface area (Å²) in [6.45, 7) is 1.64.